The van der Waals surface area contributed by atoms with Crippen LogP contribution in [0.4, 0.5) is 0 Å². The fourth-order valence-corrected chi connectivity index (χ4v) is 10.5. The van der Waals surface area contributed by atoms with Crippen LogP contribution in [0.25, 0.3) is 0 Å². The monoisotopic (exact) mass is 358 g/mol. The van der Waals surface area contributed by atoms with Crippen LogP contribution in [0.5, 0.6) is 0 Å². The molecular weight excluding hydrogens is 328 g/mol. The van der Waals surface area contributed by atoms with Crippen molar-refractivity contribution in [2.24, 2.45) is 0 Å². The van der Waals surface area contributed by atoms with Crippen LogP contribution < -0.4 is 0 Å². The molecule has 3 aromatic rings. The molecule has 26 heavy (non-hydrogen) atoms. The molecule has 0 aliphatic rings. The van der Waals surface area contributed by atoms with Gasteiger partial charge in [0.1, 0.15) is 0 Å². The van der Waals surface area contributed by atoms with Gasteiger partial charge in [0.25, 0.3) is 0 Å². The average molecular weight is 359 g/mol. The third-order valence-corrected chi connectivity index (χ3v) is 13.0. The maximum absolute atomic E-state index is 2.42. The molecule has 0 heterocycles. The third-order valence-electron chi connectivity index (χ3n) is 6.45. The molecule has 0 spiro atoms. The molecule has 3 rings (SSSR count). The first-order chi connectivity index (χ1) is 12.7. The van der Waals surface area contributed by atoms with Crippen LogP contribution in [0.2, 0.25) is 18.1 Å². The molecule has 0 saturated carbocycles. The van der Waals surface area contributed by atoms with Crippen molar-refractivity contribution in [2.75, 3.05) is 0 Å². The minimum absolute atomic E-state index is 0.0188. The van der Waals surface area contributed by atoms with Crippen molar-refractivity contribution in [1.82, 2.24) is 0 Å². The van der Waals surface area contributed by atoms with E-state index in [1.54, 1.807) is 0 Å². The molecule has 1 heteroatoms. The van der Waals surface area contributed by atoms with Crippen molar-refractivity contribution < 1.29 is 0 Å². The predicted octanol–water partition coefficient (Wildman–Crippen LogP) is 7.07. The van der Waals surface area contributed by atoms with E-state index in [0.29, 0.717) is 0 Å². The first kappa shape index (κ1) is 18.7. The van der Waals surface area contributed by atoms with Gasteiger partial charge in [-0.05, 0) is 16.7 Å². The minimum Gasteiger partial charge on any atom is -0.0677 e. The maximum Gasteiger partial charge on any atom is 0.0751 e. The molecule has 0 aliphatic heterocycles. The first-order valence-corrected chi connectivity index (χ1v) is 12.5. The van der Waals surface area contributed by atoms with Crippen molar-refractivity contribution in [1.29, 1.82) is 0 Å². The highest BCUT2D eigenvalue weighted by Crippen LogP contribution is 2.51. The van der Waals surface area contributed by atoms with Gasteiger partial charge in [0.15, 0.2) is 0 Å². The lowest BCUT2D eigenvalue weighted by molar-refractivity contribution is 0.792. The molecule has 0 radical (unpaired) electrons. The lowest BCUT2D eigenvalue weighted by Gasteiger charge is -2.50. The normalized spacial score (nSPS) is 12.1. The van der Waals surface area contributed by atoms with E-state index in [0.717, 1.165) is 0 Å². The van der Waals surface area contributed by atoms with E-state index < -0.39 is 8.07 Å². The fourth-order valence-electron chi connectivity index (χ4n) is 5.03. The summed E-state index contributed by atoms with van der Waals surface area (Å²) in [4.78, 5) is 0. The van der Waals surface area contributed by atoms with Gasteiger partial charge in [-0.15, -0.1) is 0 Å². The van der Waals surface area contributed by atoms with E-state index in [2.05, 4.69) is 112 Å². The van der Waals surface area contributed by atoms with Gasteiger partial charge in [-0.3, -0.25) is 0 Å². The molecule has 0 aromatic heterocycles. The quantitative estimate of drug-likeness (QED) is 0.313. The van der Waals surface area contributed by atoms with Gasteiger partial charge in [0.05, 0.1) is 8.07 Å². The van der Waals surface area contributed by atoms with Gasteiger partial charge in [0, 0.05) is 5.04 Å². The number of benzene rings is 3. The second-order valence-electron chi connectivity index (χ2n) is 7.19. The maximum atomic E-state index is 2.42. The molecule has 0 bridgehead atoms. The van der Waals surface area contributed by atoms with E-state index in [-0.39, 0.29) is 5.04 Å². The average Bonchev–Trinajstić information content (AvgIpc) is 2.74. The van der Waals surface area contributed by atoms with Gasteiger partial charge in [-0.2, -0.15) is 0 Å². The highest BCUT2D eigenvalue weighted by atomic mass is 28.3. The van der Waals surface area contributed by atoms with Crippen molar-refractivity contribution in [3.8, 4) is 0 Å². The zero-order valence-electron chi connectivity index (χ0n) is 16.3. The molecular formula is C25H30Si. The second-order valence-corrected chi connectivity index (χ2v) is 12.6. The van der Waals surface area contributed by atoms with Gasteiger partial charge < -0.3 is 0 Å². The lowest BCUT2D eigenvalue weighted by Crippen LogP contribution is -2.56. The molecule has 3 aromatic carbocycles. The topological polar surface area (TPSA) is 0 Å². The molecule has 0 aliphatic carbocycles. The van der Waals surface area contributed by atoms with E-state index in [1.807, 2.05) is 0 Å². The summed E-state index contributed by atoms with van der Waals surface area (Å²) < 4.78 is 0. The van der Waals surface area contributed by atoms with Crippen LogP contribution in [0, 0.1) is 0 Å². The Morgan fingerprint density at radius 1 is 0.500 bits per heavy atom. The Morgan fingerprint density at radius 3 is 1.00 bits per heavy atom. The molecule has 0 saturated heterocycles. The van der Waals surface area contributed by atoms with Crippen LogP contribution >= 0.6 is 0 Å². The summed E-state index contributed by atoms with van der Waals surface area (Å²) in [6, 6.07) is 37.6. The van der Waals surface area contributed by atoms with Gasteiger partial charge >= 0.3 is 0 Å². The van der Waals surface area contributed by atoms with Crippen LogP contribution in [0.3, 0.4) is 0 Å². The van der Waals surface area contributed by atoms with Crippen LogP contribution in [0.15, 0.2) is 91.0 Å². The Morgan fingerprint density at radius 2 is 0.769 bits per heavy atom. The standard InChI is InChI=1S/C25H30Si/c1-4-26(5-2,6-3)25(22-16-10-7-11-17-22,23-18-12-8-13-19-23)24-20-14-9-15-21-24/h7-21H,4-6H2,1-3H3. The summed E-state index contributed by atoms with van der Waals surface area (Å²) in [6.07, 6.45) is 0. The Labute approximate surface area is 159 Å². The summed E-state index contributed by atoms with van der Waals surface area (Å²) in [6.45, 7) is 7.26. The lowest BCUT2D eigenvalue weighted by atomic mass is 9.83. The predicted molar refractivity (Wildman–Crippen MR) is 116 cm³/mol. The molecule has 0 atom stereocenters. The number of hydrogen-bond acceptors (Lipinski definition) is 0. The summed E-state index contributed by atoms with van der Waals surface area (Å²) in [5.74, 6) is 0. The van der Waals surface area contributed by atoms with Gasteiger partial charge in [-0.1, -0.05) is 130 Å². The summed E-state index contributed by atoms with van der Waals surface area (Å²) in [7, 11) is -1.72. The Kier molecular flexibility index (Phi) is 5.78. The molecule has 0 fully saturated rings. The van der Waals surface area contributed by atoms with Crippen LogP contribution in [-0.4, -0.2) is 8.07 Å². The molecule has 0 N–H and O–H groups in total. The SMILES string of the molecule is CC[Si](CC)(CC)C(c1ccccc1)(c1ccccc1)c1ccccc1. The molecule has 0 unspecified atom stereocenters. The third kappa shape index (κ3) is 2.85. The molecule has 134 valence electrons. The van der Waals surface area contributed by atoms with Crippen molar-refractivity contribution >= 4 is 8.07 Å². The zero-order valence-corrected chi connectivity index (χ0v) is 17.3. The minimum atomic E-state index is -1.72. The van der Waals surface area contributed by atoms with Crippen molar-refractivity contribution in [3.63, 3.8) is 0 Å². The smallest absolute Gasteiger partial charge is 0.0677 e. The van der Waals surface area contributed by atoms with Crippen LogP contribution in [-0.2, 0) is 5.04 Å². The number of hydrogen-bond donors (Lipinski definition) is 0. The number of rotatable bonds is 7. The van der Waals surface area contributed by atoms with Crippen molar-refractivity contribution in [2.45, 2.75) is 43.9 Å². The molecule has 0 nitrogen and oxygen atoms in total. The molecule has 0 amide bonds. The Balaban J connectivity index is 2.47. The van der Waals surface area contributed by atoms with E-state index in [4.69, 9.17) is 0 Å². The largest absolute Gasteiger partial charge is 0.0751 e. The highest BCUT2D eigenvalue weighted by molar-refractivity contribution is 6.83. The second kappa shape index (κ2) is 8.05. The van der Waals surface area contributed by atoms with Crippen LogP contribution in [0.1, 0.15) is 37.5 Å². The van der Waals surface area contributed by atoms with Crippen molar-refractivity contribution in [3.05, 3.63) is 108 Å². The first-order valence-electron chi connectivity index (χ1n) is 9.91. The summed E-state index contributed by atoms with van der Waals surface area (Å²) in [5.41, 5.74) is 4.36. The van der Waals surface area contributed by atoms with E-state index in [9.17, 15) is 0 Å². The van der Waals surface area contributed by atoms with Gasteiger partial charge in [-0.25, -0.2) is 0 Å². The van der Waals surface area contributed by atoms with Gasteiger partial charge in [0.2, 0.25) is 0 Å². The summed E-state index contributed by atoms with van der Waals surface area (Å²) >= 11 is 0. The van der Waals surface area contributed by atoms with E-state index in [1.165, 1.54) is 34.8 Å². The fraction of sp³-hybridized carbons (Fsp3) is 0.280. The zero-order chi connectivity index (χ0) is 18.5. The summed E-state index contributed by atoms with van der Waals surface area (Å²) in [5, 5.41) is -0.0188. The highest BCUT2D eigenvalue weighted by Gasteiger charge is 2.52. The Bertz CT molecular complexity index is 684. The Hall–Kier alpha value is -2.12. The van der Waals surface area contributed by atoms with E-state index >= 15 is 0 Å².